The van der Waals surface area contributed by atoms with E-state index in [0.29, 0.717) is 5.78 Å². The Morgan fingerprint density at radius 2 is 1.86 bits per heavy atom. The number of para-hydroxylation sites is 1. The van der Waals surface area contributed by atoms with Gasteiger partial charge in [0.1, 0.15) is 17.3 Å². The number of hydrogen-bond donors (Lipinski definition) is 0. The number of fused-ring (bicyclic) bond motifs is 2. The molecule has 1 heterocycles. The molecule has 0 spiro atoms. The van der Waals surface area contributed by atoms with Gasteiger partial charge in [0.05, 0.1) is 0 Å². The molecule has 1 aliphatic heterocycles. The van der Waals surface area contributed by atoms with Gasteiger partial charge >= 0.3 is 0 Å². The average Bonchev–Trinajstić information content (AvgIpc) is 2.91. The standard InChI is InChI=1S/C19H18O2/c1-12-9-10-18-15(11-12)19(13-6-4-7-16(13)20)14-5-2-3-8-17(14)21-18/h2-3,5,8-11,13,19H,4,6-7H2,1H3. The van der Waals surface area contributed by atoms with Crippen molar-refractivity contribution < 1.29 is 9.53 Å². The van der Waals surface area contributed by atoms with E-state index in [0.717, 1.165) is 36.3 Å². The number of aryl methyl sites for hydroxylation is 1. The van der Waals surface area contributed by atoms with Crippen molar-refractivity contribution in [2.45, 2.75) is 32.1 Å². The Labute approximate surface area is 124 Å². The van der Waals surface area contributed by atoms with Gasteiger partial charge in [-0.05, 0) is 31.9 Å². The lowest BCUT2D eigenvalue weighted by atomic mass is 9.77. The van der Waals surface area contributed by atoms with Crippen LogP contribution in [0.4, 0.5) is 0 Å². The van der Waals surface area contributed by atoms with E-state index in [-0.39, 0.29) is 11.8 Å². The second-order valence-corrected chi connectivity index (χ2v) is 6.12. The van der Waals surface area contributed by atoms with Crippen LogP contribution in [0.5, 0.6) is 11.5 Å². The molecule has 0 N–H and O–H groups in total. The van der Waals surface area contributed by atoms with Crippen LogP contribution in [0, 0.1) is 12.8 Å². The molecule has 0 amide bonds. The third kappa shape index (κ3) is 1.98. The van der Waals surface area contributed by atoms with Crippen molar-refractivity contribution in [3.05, 3.63) is 59.2 Å². The van der Waals surface area contributed by atoms with Gasteiger partial charge in [-0.1, -0.05) is 35.9 Å². The third-order valence-corrected chi connectivity index (χ3v) is 4.73. The van der Waals surface area contributed by atoms with E-state index in [9.17, 15) is 4.79 Å². The molecule has 2 aromatic carbocycles. The van der Waals surface area contributed by atoms with Crippen LogP contribution in [0.15, 0.2) is 42.5 Å². The number of ketones is 1. The second-order valence-electron chi connectivity index (χ2n) is 6.12. The number of ether oxygens (including phenoxy) is 1. The molecule has 0 saturated heterocycles. The molecule has 2 nitrogen and oxygen atoms in total. The van der Waals surface area contributed by atoms with Crippen molar-refractivity contribution in [2.75, 3.05) is 0 Å². The van der Waals surface area contributed by atoms with Crippen molar-refractivity contribution in [2.24, 2.45) is 5.92 Å². The van der Waals surface area contributed by atoms with Crippen LogP contribution in [0.2, 0.25) is 0 Å². The molecule has 106 valence electrons. The summed E-state index contributed by atoms with van der Waals surface area (Å²) in [5.74, 6) is 2.47. The lowest BCUT2D eigenvalue weighted by Gasteiger charge is -2.31. The van der Waals surface area contributed by atoms with Crippen LogP contribution >= 0.6 is 0 Å². The SMILES string of the molecule is Cc1ccc2c(c1)C(C1CCCC1=O)c1ccccc1O2. The predicted octanol–water partition coefficient (Wildman–Crippen LogP) is 4.60. The smallest absolute Gasteiger partial charge is 0.136 e. The number of carbonyl (C=O) groups is 1. The van der Waals surface area contributed by atoms with Crippen molar-refractivity contribution in [1.29, 1.82) is 0 Å². The molecule has 0 radical (unpaired) electrons. The molecule has 2 aromatic rings. The number of Topliss-reactive ketones (excluding diaryl/α,β-unsaturated/α-hetero) is 1. The zero-order valence-electron chi connectivity index (χ0n) is 12.1. The van der Waals surface area contributed by atoms with Gasteiger partial charge in [0, 0.05) is 29.4 Å². The summed E-state index contributed by atoms with van der Waals surface area (Å²) in [6, 6.07) is 14.4. The first-order chi connectivity index (χ1) is 10.2. The topological polar surface area (TPSA) is 26.3 Å². The van der Waals surface area contributed by atoms with Crippen molar-refractivity contribution in [1.82, 2.24) is 0 Å². The minimum absolute atomic E-state index is 0.107. The molecule has 2 heteroatoms. The van der Waals surface area contributed by atoms with Crippen LogP contribution in [0.1, 0.15) is 41.9 Å². The van der Waals surface area contributed by atoms with Crippen LogP contribution in [0.3, 0.4) is 0 Å². The summed E-state index contributed by atoms with van der Waals surface area (Å²) in [7, 11) is 0. The monoisotopic (exact) mass is 278 g/mol. The van der Waals surface area contributed by atoms with Gasteiger partial charge in [-0.3, -0.25) is 4.79 Å². The average molecular weight is 278 g/mol. The Kier molecular flexibility index (Phi) is 2.85. The Balaban J connectivity index is 1.91. The lowest BCUT2D eigenvalue weighted by Crippen LogP contribution is -2.22. The van der Waals surface area contributed by atoms with Gasteiger partial charge in [0.15, 0.2) is 0 Å². The van der Waals surface area contributed by atoms with E-state index >= 15 is 0 Å². The normalized spacial score (nSPS) is 23.4. The summed E-state index contributed by atoms with van der Waals surface area (Å²) < 4.78 is 6.05. The van der Waals surface area contributed by atoms with Gasteiger partial charge < -0.3 is 4.74 Å². The summed E-state index contributed by atoms with van der Waals surface area (Å²) in [6.45, 7) is 2.09. The van der Waals surface area contributed by atoms with Gasteiger partial charge in [0.2, 0.25) is 0 Å². The first kappa shape index (κ1) is 12.6. The molecule has 4 rings (SSSR count). The van der Waals surface area contributed by atoms with Crippen molar-refractivity contribution >= 4 is 5.78 Å². The summed E-state index contributed by atoms with van der Waals surface area (Å²) in [5, 5.41) is 0. The zero-order chi connectivity index (χ0) is 14.4. The van der Waals surface area contributed by atoms with Gasteiger partial charge in [-0.2, -0.15) is 0 Å². The maximum Gasteiger partial charge on any atom is 0.136 e. The maximum absolute atomic E-state index is 12.3. The Hall–Kier alpha value is -2.09. The number of carbonyl (C=O) groups excluding carboxylic acids is 1. The van der Waals surface area contributed by atoms with E-state index in [2.05, 4.69) is 25.1 Å². The highest BCUT2D eigenvalue weighted by Crippen LogP contribution is 2.50. The van der Waals surface area contributed by atoms with Gasteiger partial charge in [-0.25, -0.2) is 0 Å². The summed E-state index contributed by atoms with van der Waals surface area (Å²) in [6.07, 6.45) is 2.74. The third-order valence-electron chi connectivity index (χ3n) is 4.73. The molecule has 21 heavy (non-hydrogen) atoms. The first-order valence-electron chi connectivity index (χ1n) is 7.64. The highest BCUT2D eigenvalue weighted by Gasteiger charge is 2.38. The lowest BCUT2D eigenvalue weighted by molar-refractivity contribution is -0.121. The van der Waals surface area contributed by atoms with E-state index in [1.54, 1.807) is 0 Å². The predicted molar refractivity (Wildman–Crippen MR) is 81.9 cm³/mol. The Morgan fingerprint density at radius 1 is 1.05 bits per heavy atom. The summed E-state index contributed by atoms with van der Waals surface area (Å²) >= 11 is 0. The second kappa shape index (κ2) is 4.73. The van der Waals surface area contributed by atoms with E-state index in [4.69, 9.17) is 4.74 Å². The highest BCUT2D eigenvalue weighted by atomic mass is 16.5. The molecule has 1 saturated carbocycles. The van der Waals surface area contributed by atoms with Gasteiger partial charge in [0.25, 0.3) is 0 Å². The molecule has 2 aliphatic rings. The molecule has 1 aliphatic carbocycles. The largest absolute Gasteiger partial charge is 0.457 e. The minimum Gasteiger partial charge on any atom is -0.457 e. The fourth-order valence-electron chi connectivity index (χ4n) is 3.75. The molecular formula is C19H18O2. The van der Waals surface area contributed by atoms with Gasteiger partial charge in [-0.15, -0.1) is 0 Å². The fourth-order valence-corrected chi connectivity index (χ4v) is 3.75. The van der Waals surface area contributed by atoms with E-state index in [1.807, 2.05) is 24.3 Å². The summed E-state index contributed by atoms with van der Waals surface area (Å²) in [5.41, 5.74) is 3.55. The highest BCUT2D eigenvalue weighted by molar-refractivity contribution is 5.85. The van der Waals surface area contributed by atoms with E-state index in [1.165, 1.54) is 11.1 Å². The van der Waals surface area contributed by atoms with Crippen LogP contribution < -0.4 is 4.74 Å². The Morgan fingerprint density at radius 3 is 2.67 bits per heavy atom. The van der Waals surface area contributed by atoms with E-state index < -0.39 is 0 Å². The fraction of sp³-hybridized carbons (Fsp3) is 0.316. The van der Waals surface area contributed by atoms with Crippen molar-refractivity contribution in [3.63, 3.8) is 0 Å². The van der Waals surface area contributed by atoms with Crippen LogP contribution in [-0.2, 0) is 4.79 Å². The molecule has 0 bridgehead atoms. The quantitative estimate of drug-likeness (QED) is 0.762. The minimum atomic E-state index is 0.107. The molecule has 0 aromatic heterocycles. The number of rotatable bonds is 1. The zero-order valence-corrected chi connectivity index (χ0v) is 12.1. The number of benzene rings is 2. The summed E-state index contributed by atoms with van der Waals surface area (Å²) in [4.78, 5) is 12.3. The van der Waals surface area contributed by atoms with Crippen molar-refractivity contribution in [3.8, 4) is 11.5 Å². The Bertz CT molecular complexity index is 717. The van der Waals surface area contributed by atoms with Crippen LogP contribution in [-0.4, -0.2) is 5.78 Å². The molecular weight excluding hydrogens is 260 g/mol. The van der Waals surface area contributed by atoms with Crippen LogP contribution in [0.25, 0.3) is 0 Å². The molecule has 2 unspecified atom stereocenters. The molecule has 2 atom stereocenters. The maximum atomic E-state index is 12.3. The number of hydrogen-bond acceptors (Lipinski definition) is 2. The first-order valence-corrected chi connectivity index (χ1v) is 7.64. The molecule has 1 fully saturated rings.